The molecule has 15 heavy (non-hydrogen) atoms. The molecule has 0 radical (unpaired) electrons. The van der Waals surface area contributed by atoms with Crippen LogP contribution in [0.25, 0.3) is 0 Å². The fourth-order valence-electron chi connectivity index (χ4n) is 0.897. The Balaban J connectivity index is 4.38. The Labute approximate surface area is 93.7 Å². The highest BCUT2D eigenvalue weighted by Gasteiger charge is 2.21. The molecule has 0 unspecified atom stereocenters. The van der Waals surface area contributed by atoms with Crippen LogP contribution in [0.5, 0.6) is 0 Å². The first-order valence-electron chi connectivity index (χ1n) is 4.74. The van der Waals surface area contributed by atoms with E-state index in [1.807, 2.05) is 0 Å². The van der Waals surface area contributed by atoms with Gasteiger partial charge in [0.2, 0.25) is 0 Å². The van der Waals surface area contributed by atoms with Gasteiger partial charge in [-0.3, -0.25) is 4.79 Å². The van der Waals surface area contributed by atoms with Crippen molar-refractivity contribution in [1.29, 1.82) is 0 Å². The molecule has 0 aromatic heterocycles. The van der Waals surface area contributed by atoms with Gasteiger partial charge >= 0.3 is 5.97 Å². The average molecular weight is 250 g/mol. The maximum absolute atomic E-state index is 11.4. The number of hydrogen-bond acceptors (Lipinski definition) is 4. The topological polar surface area (TPSA) is 51.0 Å². The number of methoxy groups -OCH3 is 1. The van der Waals surface area contributed by atoms with Gasteiger partial charge in [-0.2, -0.15) is 0 Å². The second-order valence-electron chi connectivity index (χ2n) is 3.56. The Bertz CT molecular complexity index is 249. The Hall–Kier alpha value is -0.330. The molecular formula is C9H20N2O2P2+2. The summed E-state index contributed by atoms with van der Waals surface area (Å²) in [5, 5.41) is 0. The molecule has 0 heterocycles. The van der Waals surface area contributed by atoms with Crippen molar-refractivity contribution >= 4 is 21.4 Å². The van der Waals surface area contributed by atoms with Gasteiger partial charge < -0.3 is 4.74 Å². The molecule has 0 aliphatic rings. The molecule has 0 amide bonds. The molecule has 0 aliphatic carbocycles. The fraction of sp³-hybridized carbons (Fsp3) is 0.889. The van der Waals surface area contributed by atoms with Crippen molar-refractivity contribution in [1.82, 2.24) is 0 Å². The average Bonchev–Trinajstić information content (AvgIpc) is 2.16. The summed E-state index contributed by atoms with van der Waals surface area (Å²) in [5.74, 6) is -0.388. The molecule has 0 saturated heterocycles. The van der Waals surface area contributed by atoms with Crippen LogP contribution in [-0.4, -0.2) is 52.8 Å². The summed E-state index contributed by atoms with van der Waals surface area (Å²) in [6.07, 6.45) is 0. The lowest BCUT2D eigenvalue weighted by Gasteiger charge is -2.05. The predicted octanol–water partition coefficient (Wildman–Crippen LogP) is 2.63. The molecule has 86 valence electrons. The molecule has 0 bridgehead atoms. The monoisotopic (exact) mass is 250 g/mol. The Morgan fingerprint density at radius 2 is 1.53 bits per heavy atom. The molecule has 0 rings (SSSR count). The first-order chi connectivity index (χ1) is 6.97. The standard InChI is InChI=1S/C9H20N2O2P2/c1-13-9(12)8(6-10-14(2)3)7-11-15(4)5/h8H,6-7H2,1-5H3/q+2. The highest BCUT2D eigenvalue weighted by Crippen LogP contribution is 2.18. The predicted molar refractivity (Wildman–Crippen MR) is 67.6 cm³/mol. The summed E-state index contributed by atoms with van der Waals surface area (Å²) < 4.78 is 13.5. The highest BCUT2D eigenvalue weighted by atomic mass is 31.1. The lowest BCUT2D eigenvalue weighted by molar-refractivity contribution is -0.144. The van der Waals surface area contributed by atoms with Crippen molar-refractivity contribution in [2.45, 2.75) is 0 Å². The SMILES string of the molecule is COC(=O)C(CN=[P+](C)C)CN=[P+](C)C. The fourth-order valence-corrected chi connectivity index (χ4v) is 1.94. The maximum atomic E-state index is 11.4. The van der Waals surface area contributed by atoms with Gasteiger partial charge in [-0.1, -0.05) is 0 Å². The van der Waals surface area contributed by atoms with E-state index in [4.69, 9.17) is 4.74 Å². The van der Waals surface area contributed by atoms with E-state index in [1.54, 1.807) is 0 Å². The van der Waals surface area contributed by atoms with Crippen LogP contribution in [-0.2, 0) is 9.53 Å². The third-order valence-corrected chi connectivity index (χ3v) is 3.16. The van der Waals surface area contributed by atoms with Gasteiger partial charge in [0.05, 0.1) is 20.2 Å². The van der Waals surface area contributed by atoms with Crippen LogP contribution in [0.1, 0.15) is 0 Å². The molecule has 0 saturated carbocycles. The molecule has 0 aromatic carbocycles. The van der Waals surface area contributed by atoms with E-state index >= 15 is 0 Å². The minimum absolute atomic E-state index is 0.190. The van der Waals surface area contributed by atoms with Crippen LogP contribution in [0.15, 0.2) is 9.49 Å². The van der Waals surface area contributed by atoms with Gasteiger partial charge in [0.1, 0.15) is 32.6 Å². The first kappa shape index (κ1) is 14.7. The van der Waals surface area contributed by atoms with Crippen LogP contribution in [0.3, 0.4) is 0 Å². The van der Waals surface area contributed by atoms with Gasteiger partial charge in [0.25, 0.3) is 0 Å². The van der Waals surface area contributed by atoms with Gasteiger partial charge in [0.15, 0.2) is 15.4 Å². The molecule has 6 heteroatoms. The Kier molecular flexibility index (Phi) is 7.72. The van der Waals surface area contributed by atoms with Crippen molar-refractivity contribution in [3.8, 4) is 0 Å². The van der Waals surface area contributed by atoms with Gasteiger partial charge in [0, 0.05) is 0 Å². The van der Waals surface area contributed by atoms with Gasteiger partial charge in [-0.25, -0.2) is 0 Å². The van der Waals surface area contributed by atoms with Gasteiger partial charge in [-0.15, -0.1) is 9.49 Å². The number of rotatable bonds is 5. The van der Waals surface area contributed by atoms with Crippen molar-refractivity contribution in [2.24, 2.45) is 15.4 Å². The molecular weight excluding hydrogens is 230 g/mol. The maximum Gasteiger partial charge on any atom is 0.312 e. The zero-order valence-corrected chi connectivity index (χ0v) is 11.9. The molecule has 0 aliphatic heterocycles. The first-order valence-corrected chi connectivity index (χ1v) is 9.12. The second-order valence-corrected chi connectivity index (χ2v) is 7.52. The van der Waals surface area contributed by atoms with E-state index in [1.165, 1.54) is 7.11 Å². The molecule has 0 spiro atoms. The zero-order valence-electron chi connectivity index (χ0n) is 10.1. The quantitative estimate of drug-likeness (QED) is 0.556. The molecule has 0 aromatic rings. The summed E-state index contributed by atoms with van der Waals surface area (Å²) in [5.41, 5.74) is 0. The summed E-state index contributed by atoms with van der Waals surface area (Å²) in [7, 11) is 0.798. The Morgan fingerprint density at radius 1 is 1.13 bits per heavy atom. The normalized spacial score (nSPS) is 9.73. The van der Waals surface area contributed by atoms with Crippen molar-refractivity contribution in [3.63, 3.8) is 0 Å². The summed E-state index contributed by atoms with van der Waals surface area (Å²) in [6.45, 7) is 9.33. The third kappa shape index (κ3) is 7.58. The molecule has 0 fully saturated rings. The van der Waals surface area contributed by atoms with E-state index in [2.05, 4.69) is 36.1 Å². The number of esters is 1. The molecule has 0 N–H and O–H groups in total. The van der Waals surface area contributed by atoms with Crippen LogP contribution in [0.4, 0.5) is 0 Å². The van der Waals surface area contributed by atoms with Crippen molar-refractivity contribution in [2.75, 3.05) is 46.9 Å². The second kappa shape index (κ2) is 7.90. The van der Waals surface area contributed by atoms with E-state index < -0.39 is 0 Å². The molecule has 4 nitrogen and oxygen atoms in total. The van der Waals surface area contributed by atoms with E-state index in [-0.39, 0.29) is 27.3 Å². The van der Waals surface area contributed by atoms with Crippen LogP contribution < -0.4 is 0 Å². The lowest BCUT2D eigenvalue weighted by Crippen LogP contribution is -2.21. The third-order valence-electron chi connectivity index (χ3n) is 1.70. The van der Waals surface area contributed by atoms with E-state index in [9.17, 15) is 4.79 Å². The van der Waals surface area contributed by atoms with Crippen LogP contribution in [0.2, 0.25) is 0 Å². The van der Waals surface area contributed by atoms with E-state index in [0.717, 1.165) is 0 Å². The van der Waals surface area contributed by atoms with Crippen LogP contribution in [0, 0.1) is 5.92 Å². The number of hydrogen-bond donors (Lipinski definition) is 0. The summed E-state index contributed by atoms with van der Waals surface area (Å²) >= 11 is 0. The minimum Gasteiger partial charge on any atom is -0.469 e. The molecule has 0 atom stereocenters. The van der Waals surface area contributed by atoms with E-state index in [0.29, 0.717) is 13.1 Å². The largest absolute Gasteiger partial charge is 0.469 e. The number of carbonyl (C=O) groups is 1. The van der Waals surface area contributed by atoms with Crippen molar-refractivity contribution < 1.29 is 9.53 Å². The van der Waals surface area contributed by atoms with Crippen LogP contribution >= 0.6 is 15.4 Å². The zero-order chi connectivity index (χ0) is 11.8. The van der Waals surface area contributed by atoms with Crippen molar-refractivity contribution in [3.05, 3.63) is 0 Å². The number of nitrogens with zero attached hydrogens (tertiary/aromatic N) is 2. The van der Waals surface area contributed by atoms with Gasteiger partial charge in [-0.05, 0) is 0 Å². The minimum atomic E-state index is -0.308. The summed E-state index contributed by atoms with van der Waals surface area (Å²) in [6, 6.07) is 0. The summed E-state index contributed by atoms with van der Waals surface area (Å²) in [4.78, 5) is 11.4. The smallest absolute Gasteiger partial charge is 0.312 e. The lowest BCUT2D eigenvalue weighted by atomic mass is 10.1. The Morgan fingerprint density at radius 3 is 1.80 bits per heavy atom. The highest BCUT2D eigenvalue weighted by molar-refractivity contribution is 7.45. The number of ether oxygens (including phenoxy) is 1. The number of carbonyl (C=O) groups excluding carboxylic acids is 1.